The molecule has 1 aliphatic heterocycles. The summed E-state index contributed by atoms with van der Waals surface area (Å²) in [5, 5.41) is 0.320. The van der Waals surface area contributed by atoms with E-state index in [1.165, 1.54) is 25.3 Å². The minimum absolute atomic E-state index is 0.0168. The van der Waals surface area contributed by atoms with Gasteiger partial charge >= 0.3 is 0 Å². The molecule has 0 bridgehead atoms. The quantitative estimate of drug-likeness (QED) is 0.670. The van der Waals surface area contributed by atoms with E-state index < -0.39 is 10.0 Å². The molecule has 29 heavy (non-hydrogen) atoms. The Balaban J connectivity index is 1.52. The first kappa shape index (κ1) is 21.4. The Morgan fingerprint density at radius 3 is 2.76 bits per heavy atom. The second-order valence-electron chi connectivity index (χ2n) is 6.76. The molecule has 0 saturated carbocycles. The molecule has 0 radical (unpaired) electrons. The van der Waals surface area contributed by atoms with Gasteiger partial charge < -0.3 is 14.1 Å². The number of furan rings is 1. The Bertz CT molecular complexity index is 965. The largest absolute Gasteiger partial charge is 0.495 e. The first-order chi connectivity index (χ1) is 13.9. The van der Waals surface area contributed by atoms with Crippen molar-refractivity contribution in [2.45, 2.75) is 17.7 Å². The van der Waals surface area contributed by atoms with Crippen molar-refractivity contribution >= 4 is 33.6 Å². The van der Waals surface area contributed by atoms with E-state index in [1.807, 2.05) is 0 Å². The summed E-state index contributed by atoms with van der Waals surface area (Å²) in [6.45, 7) is 1.45. The lowest BCUT2D eigenvalue weighted by atomic mass is 9.97. The van der Waals surface area contributed by atoms with Crippen molar-refractivity contribution in [3.63, 3.8) is 0 Å². The third-order valence-corrected chi connectivity index (χ3v) is 6.52. The van der Waals surface area contributed by atoms with E-state index in [2.05, 4.69) is 4.72 Å². The van der Waals surface area contributed by atoms with Crippen molar-refractivity contribution in [2.24, 2.45) is 5.92 Å². The SMILES string of the molecule is COc1ccc(Cl)cc1S(=O)(=O)NCC1CCN(C(=O)/C=C/c2ccco2)CC1. The predicted molar refractivity (Wildman–Crippen MR) is 110 cm³/mol. The fourth-order valence-corrected chi connectivity index (χ4v) is 4.71. The molecule has 1 saturated heterocycles. The lowest BCUT2D eigenvalue weighted by molar-refractivity contribution is -0.127. The zero-order valence-corrected chi connectivity index (χ0v) is 17.6. The molecule has 3 rings (SSSR count). The minimum atomic E-state index is -3.75. The maximum Gasteiger partial charge on any atom is 0.246 e. The molecule has 0 aliphatic carbocycles. The van der Waals surface area contributed by atoms with Crippen LogP contribution < -0.4 is 9.46 Å². The van der Waals surface area contributed by atoms with Crippen LogP contribution in [0.4, 0.5) is 0 Å². The summed E-state index contributed by atoms with van der Waals surface area (Å²) in [5.74, 6) is 0.932. The molecule has 156 valence electrons. The summed E-state index contributed by atoms with van der Waals surface area (Å²) in [4.78, 5) is 14.0. The number of piperidine rings is 1. The topological polar surface area (TPSA) is 88.9 Å². The molecular formula is C20H23ClN2O5S. The number of nitrogens with zero attached hydrogens (tertiary/aromatic N) is 1. The molecule has 1 N–H and O–H groups in total. The number of nitrogens with one attached hydrogen (secondary N) is 1. The average molecular weight is 439 g/mol. The van der Waals surface area contributed by atoms with Crippen LogP contribution in [0.3, 0.4) is 0 Å². The highest BCUT2D eigenvalue weighted by molar-refractivity contribution is 7.89. The van der Waals surface area contributed by atoms with E-state index in [0.717, 1.165) is 12.8 Å². The Labute approximate surface area is 175 Å². The van der Waals surface area contributed by atoms with Gasteiger partial charge in [0, 0.05) is 30.7 Å². The zero-order chi connectivity index (χ0) is 20.9. The van der Waals surface area contributed by atoms with Crippen LogP contribution in [-0.2, 0) is 14.8 Å². The van der Waals surface area contributed by atoms with Crippen molar-refractivity contribution in [3.05, 3.63) is 53.5 Å². The van der Waals surface area contributed by atoms with Crippen molar-refractivity contribution in [1.82, 2.24) is 9.62 Å². The van der Waals surface area contributed by atoms with Crippen LogP contribution in [0.25, 0.3) is 6.08 Å². The van der Waals surface area contributed by atoms with Crippen molar-refractivity contribution in [1.29, 1.82) is 0 Å². The molecule has 9 heteroatoms. The summed E-state index contributed by atoms with van der Waals surface area (Å²) < 4.78 is 38.2. The highest BCUT2D eigenvalue weighted by Crippen LogP contribution is 2.27. The van der Waals surface area contributed by atoms with Gasteiger partial charge in [0.1, 0.15) is 16.4 Å². The van der Waals surface area contributed by atoms with E-state index in [9.17, 15) is 13.2 Å². The number of carbonyl (C=O) groups excluding carboxylic acids is 1. The number of sulfonamides is 1. The maximum atomic E-state index is 12.6. The first-order valence-electron chi connectivity index (χ1n) is 9.23. The van der Waals surface area contributed by atoms with Crippen LogP contribution in [0.5, 0.6) is 5.75 Å². The molecule has 0 spiro atoms. The van der Waals surface area contributed by atoms with Gasteiger partial charge in [-0.1, -0.05) is 11.6 Å². The van der Waals surface area contributed by atoms with Gasteiger partial charge in [0.15, 0.2) is 0 Å². The summed E-state index contributed by atoms with van der Waals surface area (Å²) in [5.41, 5.74) is 0. The van der Waals surface area contributed by atoms with Crippen molar-refractivity contribution in [2.75, 3.05) is 26.7 Å². The standard InChI is InChI=1S/C20H23ClN2O5S/c1-27-18-6-4-16(21)13-19(18)29(25,26)22-14-15-8-10-23(11-9-15)20(24)7-5-17-3-2-12-28-17/h2-7,12-13,15,22H,8-11,14H2,1H3/b7-5+. The molecular weight excluding hydrogens is 416 g/mol. The lowest BCUT2D eigenvalue weighted by Gasteiger charge is -2.31. The van der Waals surface area contributed by atoms with Gasteiger partial charge in [0.05, 0.1) is 13.4 Å². The number of benzene rings is 1. The first-order valence-corrected chi connectivity index (χ1v) is 11.1. The van der Waals surface area contributed by atoms with Gasteiger partial charge in [-0.3, -0.25) is 4.79 Å². The monoisotopic (exact) mass is 438 g/mol. The van der Waals surface area contributed by atoms with E-state index >= 15 is 0 Å². The molecule has 1 aromatic carbocycles. The summed E-state index contributed by atoms with van der Waals surface area (Å²) in [6, 6.07) is 8.01. The van der Waals surface area contributed by atoms with Gasteiger partial charge in [-0.2, -0.15) is 0 Å². The molecule has 1 fully saturated rings. The number of rotatable bonds is 7. The number of methoxy groups -OCH3 is 1. The van der Waals surface area contributed by atoms with Crippen LogP contribution in [-0.4, -0.2) is 46.0 Å². The number of hydrogen-bond acceptors (Lipinski definition) is 5. The molecule has 1 amide bonds. The fourth-order valence-electron chi connectivity index (χ4n) is 3.17. The molecule has 0 unspecified atom stereocenters. The van der Waals surface area contributed by atoms with Crippen molar-refractivity contribution < 1.29 is 22.4 Å². The number of ether oxygens (including phenoxy) is 1. The van der Waals surface area contributed by atoms with Gasteiger partial charge in [-0.15, -0.1) is 0 Å². The van der Waals surface area contributed by atoms with E-state index in [-0.39, 0.29) is 22.5 Å². The fraction of sp³-hybridized carbons (Fsp3) is 0.350. The van der Waals surface area contributed by atoms with E-state index in [0.29, 0.717) is 30.4 Å². The van der Waals surface area contributed by atoms with Crippen LogP contribution in [0.15, 0.2) is 52.0 Å². The van der Waals surface area contributed by atoms with Gasteiger partial charge in [0.25, 0.3) is 0 Å². The van der Waals surface area contributed by atoms with E-state index in [4.69, 9.17) is 20.8 Å². The average Bonchev–Trinajstić information content (AvgIpc) is 3.24. The van der Waals surface area contributed by atoms with E-state index in [1.54, 1.807) is 35.4 Å². The molecule has 1 aromatic heterocycles. The molecule has 1 aliphatic rings. The minimum Gasteiger partial charge on any atom is -0.495 e. The number of halogens is 1. The molecule has 2 heterocycles. The summed E-state index contributed by atoms with van der Waals surface area (Å²) in [6.07, 6.45) is 6.12. The number of amides is 1. The smallest absolute Gasteiger partial charge is 0.246 e. The zero-order valence-electron chi connectivity index (χ0n) is 16.0. The molecule has 7 nitrogen and oxygen atoms in total. The molecule has 2 aromatic rings. The van der Waals surface area contributed by atoms with Gasteiger partial charge in [-0.05, 0) is 55.2 Å². The number of carbonyl (C=O) groups is 1. The van der Waals surface area contributed by atoms with Crippen LogP contribution in [0.2, 0.25) is 5.02 Å². The molecule has 0 atom stereocenters. The Morgan fingerprint density at radius 2 is 2.10 bits per heavy atom. The highest BCUT2D eigenvalue weighted by Gasteiger charge is 2.25. The Morgan fingerprint density at radius 1 is 1.34 bits per heavy atom. The Kier molecular flexibility index (Phi) is 7.00. The second-order valence-corrected chi connectivity index (χ2v) is 8.94. The number of likely N-dealkylation sites (tertiary alicyclic amines) is 1. The van der Waals surface area contributed by atoms with Crippen LogP contribution in [0.1, 0.15) is 18.6 Å². The third kappa shape index (κ3) is 5.62. The maximum absolute atomic E-state index is 12.6. The predicted octanol–water partition coefficient (Wildman–Crippen LogP) is 3.17. The third-order valence-electron chi connectivity index (χ3n) is 4.84. The second kappa shape index (κ2) is 9.47. The lowest BCUT2D eigenvalue weighted by Crippen LogP contribution is -2.41. The normalized spacial score (nSPS) is 15.7. The summed E-state index contributed by atoms with van der Waals surface area (Å²) >= 11 is 5.94. The van der Waals surface area contributed by atoms with Crippen molar-refractivity contribution in [3.8, 4) is 5.75 Å². The van der Waals surface area contributed by atoms with Crippen LogP contribution in [0, 0.1) is 5.92 Å². The highest BCUT2D eigenvalue weighted by atomic mass is 35.5. The Hall–Kier alpha value is -2.29. The summed E-state index contributed by atoms with van der Waals surface area (Å²) in [7, 11) is -2.34. The van der Waals surface area contributed by atoms with Gasteiger partial charge in [0.2, 0.25) is 15.9 Å². The van der Waals surface area contributed by atoms with Crippen LogP contribution >= 0.6 is 11.6 Å². The number of hydrogen-bond donors (Lipinski definition) is 1. The van der Waals surface area contributed by atoms with Gasteiger partial charge in [-0.25, -0.2) is 13.1 Å².